The van der Waals surface area contributed by atoms with E-state index >= 15 is 0 Å². The summed E-state index contributed by atoms with van der Waals surface area (Å²) in [6, 6.07) is 9.49. The van der Waals surface area contributed by atoms with E-state index in [1.54, 1.807) is 13.8 Å². The molecule has 0 spiro atoms. The minimum Gasteiger partial charge on any atom is -0.462 e. The summed E-state index contributed by atoms with van der Waals surface area (Å²) < 4.78 is 10.0. The van der Waals surface area contributed by atoms with Gasteiger partial charge >= 0.3 is 11.9 Å². The Labute approximate surface area is 173 Å². The zero-order valence-electron chi connectivity index (χ0n) is 16.6. The Morgan fingerprint density at radius 1 is 1.03 bits per heavy atom. The summed E-state index contributed by atoms with van der Waals surface area (Å²) >= 11 is 1.25. The third-order valence-corrected chi connectivity index (χ3v) is 5.22. The summed E-state index contributed by atoms with van der Waals surface area (Å²) in [5.41, 5.74) is 1.90. The molecule has 1 heterocycles. The fraction of sp³-hybridized carbons (Fsp3) is 0.333. The van der Waals surface area contributed by atoms with E-state index in [4.69, 9.17) is 9.47 Å². The molecule has 0 fully saturated rings. The van der Waals surface area contributed by atoms with E-state index in [1.807, 2.05) is 30.3 Å². The molecule has 154 valence electrons. The molecule has 2 rings (SSSR count). The number of anilines is 1. The largest absolute Gasteiger partial charge is 0.462 e. The number of ether oxygens (including phenoxy) is 2. The van der Waals surface area contributed by atoms with Gasteiger partial charge in [0.05, 0.1) is 18.6 Å². The molecule has 1 N–H and O–H groups in total. The lowest BCUT2D eigenvalue weighted by Crippen LogP contribution is -2.22. The van der Waals surface area contributed by atoms with Gasteiger partial charge in [0.25, 0.3) is 5.91 Å². The number of amides is 1. The van der Waals surface area contributed by atoms with E-state index in [9.17, 15) is 19.2 Å². The third kappa shape index (κ3) is 6.25. The van der Waals surface area contributed by atoms with E-state index in [2.05, 4.69) is 5.32 Å². The van der Waals surface area contributed by atoms with Crippen molar-refractivity contribution >= 4 is 40.0 Å². The molecule has 0 radical (unpaired) electrons. The molecule has 7 nitrogen and oxygen atoms in total. The van der Waals surface area contributed by atoms with Gasteiger partial charge in [0.15, 0.2) is 6.61 Å². The lowest BCUT2D eigenvalue weighted by molar-refractivity contribution is -0.148. The molecular weight excluding hydrogens is 394 g/mol. The summed E-state index contributed by atoms with van der Waals surface area (Å²) in [6.07, 6.45) is -0.00896. The van der Waals surface area contributed by atoms with E-state index in [-0.39, 0.29) is 30.8 Å². The highest BCUT2D eigenvalue weighted by Gasteiger charge is 2.24. The predicted octanol–water partition coefficient (Wildman–Crippen LogP) is 3.75. The highest BCUT2D eigenvalue weighted by molar-refractivity contribution is 7.20. The number of rotatable bonds is 9. The molecule has 0 aliphatic carbocycles. The molecule has 8 heteroatoms. The van der Waals surface area contributed by atoms with Crippen molar-refractivity contribution in [1.82, 2.24) is 0 Å². The Hall–Kier alpha value is -3.00. The fourth-order valence-electron chi connectivity index (χ4n) is 2.57. The van der Waals surface area contributed by atoms with Gasteiger partial charge in [-0.3, -0.25) is 9.59 Å². The van der Waals surface area contributed by atoms with Gasteiger partial charge in [-0.15, -0.1) is 11.3 Å². The van der Waals surface area contributed by atoms with Crippen LogP contribution in [0.3, 0.4) is 0 Å². The molecule has 1 aromatic heterocycles. The Morgan fingerprint density at radius 3 is 2.34 bits per heavy atom. The van der Waals surface area contributed by atoms with Crippen molar-refractivity contribution in [2.75, 3.05) is 18.5 Å². The monoisotopic (exact) mass is 417 g/mol. The summed E-state index contributed by atoms with van der Waals surface area (Å²) in [6.45, 7) is 4.58. The Bertz CT molecular complexity index is 903. The first-order valence-electron chi connectivity index (χ1n) is 9.14. The van der Waals surface area contributed by atoms with Crippen LogP contribution in [0.4, 0.5) is 5.00 Å². The lowest BCUT2D eigenvalue weighted by Gasteiger charge is -2.07. The van der Waals surface area contributed by atoms with Crippen LogP contribution in [0.1, 0.15) is 42.6 Å². The fourth-order valence-corrected chi connectivity index (χ4v) is 3.79. The van der Waals surface area contributed by atoms with Crippen LogP contribution in [0.5, 0.6) is 0 Å². The van der Waals surface area contributed by atoms with E-state index < -0.39 is 24.5 Å². The molecular formula is C21H23NO6S. The first-order chi connectivity index (χ1) is 13.8. The number of thiophene rings is 1. The normalized spacial score (nSPS) is 10.3. The average Bonchev–Trinajstić information content (AvgIpc) is 3.01. The second-order valence-electron chi connectivity index (χ2n) is 6.26. The number of hydrogen-bond donors (Lipinski definition) is 1. The van der Waals surface area contributed by atoms with Gasteiger partial charge in [0, 0.05) is 11.3 Å². The molecule has 1 amide bonds. The first-order valence-corrected chi connectivity index (χ1v) is 9.96. The number of hydrogen-bond acceptors (Lipinski definition) is 7. The summed E-state index contributed by atoms with van der Waals surface area (Å²) in [5, 5.41) is 2.97. The summed E-state index contributed by atoms with van der Waals surface area (Å²) in [7, 11) is 0. The molecule has 0 saturated carbocycles. The molecule has 0 aliphatic heterocycles. The first kappa shape index (κ1) is 22.3. The molecule has 0 atom stereocenters. The number of ketones is 1. The van der Waals surface area contributed by atoms with Crippen LogP contribution in [-0.4, -0.2) is 36.8 Å². The Morgan fingerprint density at radius 2 is 1.72 bits per heavy atom. The van der Waals surface area contributed by atoms with Crippen LogP contribution in [0.25, 0.3) is 10.4 Å². The van der Waals surface area contributed by atoms with Gasteiger partial charge in [0.2, 0.25) is 0 Å². The SMILES string of the molecule is CCOC(=O)c1c(NC(=O)COC(=O)CCC(C)=O)sc(-c2ccccc2)c1C. The maximum absolute atomic E-state index is 12.4. The Kier molecular flexibility index (Phi) is 8.09. The van der Waals surface area contributed by atoms with Crippen LogP contribution in [0, 0.1) is 6.92 Å². The average molecular weight is 417 g/mol. The van der Waals surface area contributed by atoms with Crippen molar-refractivity contribution in [2.24, 2.45) is 0 Å². The van der Waals surface area contributed by atoms with Crippen molar-refractivity contribution in [2.45, 2.75) is 33.6 Å². The maximum atomic E-state index is 12.4. The topological polar surface area (TPSA) is 98.8 Å². The standard InChI is InChI=1S/C21H23NO6S/c1-4-27-21(26)18-14(3)19(15-8-6-5-7-9-15)29-20(18)22-16(24)12-28-17(25)11-10-13(2)23/h5-9H,4,10-12H2,1-3H3,(H,22,24). The van der Waals surface area contributed by atoms with Gasteiger partial charge in [-0.25, -0.2) is 4.79 Å². The van der Waals surface area contributed by atoms with Crippen molar-refractivity contribution in [1.29, 1.82) is 0 Å². The van der Waals surface area contributed by atoms with Crippen LogP contribution in [-0.2, 0) is 23.9 Å². The summed E-state index contributed by atoms with van der Waals surface area (Å²) in [5.74, 6) is -1.87. The highest BCUT2D eigenvalue weighted by Crippen LogP contribution is 2.40. The zero-order valence-corrected chi connectivity index (χ0v) is 17.4. The number of esters is 2. The van der Waals surface area contributed by atoms with Gasteiger partial charge in [-0.1, -0.05) is 30.3 Å². The summed E-state index contributed by atoms with van der Waals surface area (Å²) in [4.78, 5) is 48.0. The molecule has 1 aromatic carbocycles. The van der Waals surface area contributed by atoms with Gasteiger partial charge in [0.1, 0.15) is 10.8 Å². The van der Waals surface area contributed by atoms with Gasteiger partial charge < -0.3 is 19.6 Å². The number of benzene rings is 1. The minimum atomic E-state index is -0.631. The number of Topliss-reactive ketones (excluding diaryl/α,β-unsaturated/α-hetero) is 1. The predicted molar refractivity (Wildman–Crippen MR) is 110 cm³/mol. The van der Waals surface area contributed by atoms with Crippen molar-refractivity contribution in [3.05, 3.63) is 41.5 Å². The quantitative estimate of drug-likeness (QED) is 0.624. The second-order valence-corrected chi connectivity index (χ2v) is 7.28. The molecule has 0 aliphatic rings. The molecule has 2 aromatic rings. The van der Waals surface area contributed by atoms with Crippen LogP contribution in [0.15, 0.2) is 30.3 Å². The second kappa shape index (κ2) is 10.5. The van der Waals surface area contributed by atoms with Crippen molar-refractivity contribution < 1.29 is 28.7 Å². The number of nitrogens with one attached hydrogen (secondary N) is 1. The third-order valence-electron chi connectivity index (χ3n) is 3.96. The molecule has 0 bridgehead atoms. The van der Waals surface area contributed by atoms with Crippen LogP contribution >= 0.6 is 11.3 Å². The van der Waals surface area contributed by atoms with Gasteiger partial charge in [-0.05, 0) is 31.9 Å². The highest BCUT2D eigenvalue weighted by atomic mass is 32.1. The number of carbonyl (C=O) groups is 4. The zero-order chi connectivity index (χ0) is 21.4. The lowest BCUT2D eigenvalue weighted by atomic mass is 10.1. The Balaban J connectivity index is 2.18. The van der Waals surface area contributed by atoms with E-state index in [0.717, 1.165) is 10.4 Å². The van der Waals surface area contributed by atoms with Crippen molar-refractivity contribution in [3.8, 4) is 10.4 Å². The van der Waals surface area contributed by atoms with Crippen LogP contribution in [0.2, 0.25) is 0 Å². The minimum absolute atomic E-state index is 0.0675. The number of carbonyl (C=O) groups excluding carboxylic acids is 4. The maximum Gasteiger partial charge on any atom is 0.341 e. The smallest absolute Gasteiger partial charge is 0.341 e. The molecule has 0 saturated heterocycles. The van der Waals surface area contributed by atoms with Crippen LogP contribution < -0.4 is 5.32 Å². The molecule has 0 unspecified atom stereocenters. The van der Waals surface area contributed by atoms with E-state index in [0.29, 0.717) is 10.6 Å². The van der Waals surface area contributed by atoms with Gasteiger partial charge in [-0.2, -0.15) is 0 Å². The van der Waals surface area contributed by atoms with E-state index in [1.165, 1.54) is 18.3 Å². The van der Waals surface area contributed by atoms with Crippen molar-refractivity contribution in [3.63, 3.8) is 0 Å². The molecule has 29 heavy (non-hydrogen) atoms.